The van der Waals surface area contributed by atoms with Crippen LogP contribution < -0.4 is 10.5 Å². The highest BCUT2D eigenvalue weighted by Gasteiger charge is 1.99. The zero-order chi connectivity index (χ0) is 10.7. The van der Waals surface area contributed by atoms with Gasteiger partial charge < -0.3 is 10.5 Å². The second-order valence-electron chi connectivity index (χ2n) is 3.65. The summed E-state index contributed by atoms with van der Waals surface area (Å²) < 4.78 is 5.52. The van der Waals surface area contributed by atoms with E-state index in [1.165, 1.54) is 0 Å². The van der Waals surface area contributed by atoms with E-state index in [0.717, 1.165) is 16.7 Å². The van der Waals surface area contributed by atoms with Crippen LogP contribution in [0.5, 0.6) is 5.75 Å². The minimum absolute atomic E-state index is 0. The zero-order valence-corrected chi connectivity index (χ0v) is 9.91. The van der Waals surface area contributed by atoms with Crippen molar-refractivity contribution in [1.82, 2.24) is 4.98 Å². The fraction of sp³-hybridized carbons (Fsp3) is 0.250. The van der Waals surface area contributed by atoms with Gasteiger partial charge in [0, 0.05) is 17.6 Å². The number of nitrogens with two attached hydrogens (primary N) is 1. The normalized spacial score (nSPS) is 11.9. The standard InChI is InChI=1S/C12H14N2O.ClH/c1-9(13)8-15-11-4-5-12-10(7-11)3-2-6-14-12;/h2-7,9H,8,13H2,1H3;1H. The molecule has 0 bridgehead atoms. The largest absolute Gasteiger partial charge is 0.492 e. The third-order valence-electron chi connectivity index (χ3n) is 2.09. The number of rotatable bonds is 3. The van der Waals surface area contributed by atoms with Crippen molar-refractivity contribution >= 4 is 23.3 Å². The molecule has 1 aromatic carbocycles. The summed E-state index contributed by atoms with van der Waals surface area (Å²) in [5, 5.41) is 1.08. The molecule has 2 aromatic rings. The molecule has 0 spiro atoms. The lowest BCUT2D eigenvalue weighted by Crippen LogP contribution is -2.23. The summed E-state index contributed by atoms with van der Waals surface area (Å²) in [5.74, 6) is 0.841. The van der Waals surface area contributed by atoms with Gasteiger partial charge in [-0.05, 0) is 31.2 Å². The predicted octanol–water partition coefficient (Wildman–Crippen LogP) is 2.38. The maximum absolute atomic E-state index is 5.62. The highest BCUT2D eigenvalue weighted by molar-refractivity contribution is 5.85. The number of aromatic nitrogens is 1. The van der Waals surface area contributed by atoms with Gasteiger partial charge >= 0.3 is 0 Å². The summed E-state index contributed by atoms with van der Waals surface area (Å²) in [6, 6.07) is 9.82. The van der Waals surface area contributed by atoms with E-state index in [2.05, 4.69) is 4.98 Å². The van der Waals surface area contributed by atoms with Crippen LogP contribution in [0.15, 0.2) is 36.5 Å². The molecule has 0 radical (unpaired) electrons. The Morgan fingerprint density at radius 2 is 2.19 bits per heavy atom. The maximum Gasteiger partial charge on any atom is 0.120 e. The van der Waals surface area contributed by atoms with Crippen molar-refractivity contribution in [3.63, 3.8) is 0 Å². The van der Waals surface area contributed by atoms with Crippen molar-refractivity contribution < 1.29 is 4.74 Å². The Hall–Kier alpha value is -1.32. The SMILES string of the molecule is CC(N)COc1ccc2ncccc2c1.Cl. The highest BCUT2D eigenvalue weighted by atomic mass is 35.5. The van der Waals surface area contributed by atoms with E-state index in [1.807, 2.05) is 37.3 Å². The Labute approximate surface area is 101 Å². The first kappa shape index (κ1) is 12.7. The molecule has 0 saturated heterocycles. The van der Waals surface area contributed by atoms with Gasteiger partial charge in [0.2, 0.25) is 0 Å². The lowest BCUT2D eigenvalue weighted by atomic mass is 10.2. The summed E-state index contributed by atoms with van der Waals surface area (Å²) in [5.41, 5.74) is 6.59. The van der Waals surface area contributed by atoms with Crippen LogP contribution in [-0.4, -0.2) is 17.6 Å². The molecule has 3 nitrogen and oxygen atoms in total. The van der Waals surface area contributed by atoms with Crippen molar-refractivity contribution in [2.24, 2.45) is 5.73 Å². The summed E-state index contributed by atoms with van der Waals surface area (Å²) in [6.45, 7) is 2.45. The van der Waals surface area contributed by atoms with Crippen molar-refractivity contribution in [2.75, 3.05) is 6.61 Å². The van der Waals surface area contributed by atoms with Crippen molar-refractivity contribution in [3.05, 3.63) is 36.5 Å². The zero-order valence-electron chi connectivity index (χ0n) is 9.09. The number of benzene rings is 1. The quantitative estimate of drug-likeness (QED) is 0.893. The number of hydrogen-bond donors (Lipinski definition) is 1. The molecule has 1 heterocycles. The number of pyridine rings is 1. The summed E-state index contributed by atoms with van der Waals surface area (Å²) in [6.07, 6.45) is 1.78. The van der Waals surface area contributed by atoms with E-state index in [0.29, 0.717) is 6.61 Å². The number of ether oxygens (including phenoxy) is 1. The molecular weight excluding hydrogens is 224 g/mol. The van der Waals surface area contributed by atoms with Gasteiger partial charge in [-0.3, -0.25) is 4.98 Å². The smallest absolute Gasteiger partial charge is 0.120 e. The molecule has 1 unspecified atom stereocenters. The monoisotopic (exact) mass is 238 g/mol. The Kier molecular flexibility index (Phi) is 4.52. The molecular formula is C12H15ClN2O. The van der Waals surface area contributed by atoms with Crippen molar-refractivity contribution in [2.45, 2.75) is 13.0 Å². The molecule has 2 rings (SSSR count). The van der Waals surface area contributed by atoms with Gasteiger partial charge in [-0.1, -0.05) is 6.07 Å². The lowest BCUT2D eigenvalue weighted by Gasteiger charge is -2.08. The highest BCUT2D eigenvalue weighted by Crippen LogP contribution is 2.18. The predicted molar refractivity (Wildman–Crippen MR) is 68.1 cm³/mol. The molecule has 0 aliphatic rings. The first-order valence-electron chi connectivity index (χ1n) is 4.99. The van der Waals surface area contributed by atoms with Crippen LogP contribution in [0.25, 0.3) is 10.9 Å². The van der Waals surface area contributed by atoms with E-state index in [-0.39, 0.29) is 18.4 Å². The molecule has 0 saturated carbocycles. The Bertz CT molecular complexity index is 459. The first-order chi connectivity index (χ1) is 7.25. The lowest BCUT2D eigenvalue weighted by molar-refractivity contribution is 0.296. The maximum atomic E-state index is 5.62. The molecule has 4 heteroatoms. The van der Waals surface area contributed by atoms with Crippen LogP contribution in [0.1, 0.15) is 6.92 Å². The topological polar surface area (TPSA) is 48.1 Å². The Balaban J connectivity index is 0.00000128. The van der Waals surface area contributed by atoms with Gasteiger partial charge in [-0.15, -0.1) is 12.4 Å². The molecule has 0 amide bonds. The molecule has 0 fully saturated rings. The van der Waals surface area contributed by atoms with Gasteiger partial charge in [0.05, 0.1) is 5.52 Å². The van der Waals surface area contributed by atoms with Crippen LogP contribution in [-0.2, 0) is 0 Å². The van der Waals surface area contributed by atoms with Gasteiger partial charge in [0.1, 0.15) is 12.4 Å². The van der Waals surface area contributed by atoms with Crippen LogP contribution in [0.3, 0.4) is 0 Å². The first-order valence-corrected chi connectivity index (χ1v) is 4.99. The minimum Gasteiger partial charge on any atom is -0.492 e. The fourth-order valence-electron chi connectivity index (χ4n) is 1.37. The van der Waals surface area contributed by atoms with Gasteiger partial charge in [-0.2, -0.15) is 0 Å². The Morgan fingerprint density at radius 1 is 1.38 bits per heavy atom. The average molecular weight is 239 g/mol. The second-order valence-corrected chi connectivity index (χ2v) is 3.65. The fourth-order valence-corrected chi connectivity index (χ4v) is 1.37. The molecule has 0 aliphatic carbocycles. The molecule has 0 aliphatic heterocycles. The molecule has 86 valence electrons. The van der Waals surface area contributed by atoms with E-state index < -0.39 is 0 Å². The van der Waals surface area contributed by atoms with Gasteiger partial charge in [-0.25, -0.2) is 0 Å². The van der Waals surface area contributed by atoms with Crippen LogP contribution >= 0.6 is 12.4 Å². The minimum atomic E-state index is 0. The number of hydrogen-bond acceptors (Lipinski definition) is 3. The van der Waals surface area contributed by atoms with Crippen molar-refractivity contribution in [3.8, 4) is 5.75 Å². The summed E-state index contributed by atoms with van der Waals surface area (Å²) >= 11 is 0. The molecule has 1 aromatic heterocycles. The van der Waals surface area contributed by atoms with Gasteiger partial charge in [0.15, 0.2) is 0 Å². The van der Waals surface area contributed by atoms with Crippen LogP contribution in [0.2, 0.25) is 0 Å². The van der Waals surface area contributed by atoms with E-state index >= 15 is 0 Å². The summed E-state index contributed by atoms with van der Waals surface area (Å²) in [4.78, 5) is 4.24. The molecule has 1 atom stereocenters. The summed E-state index contributed by atoms with van der Waals surface area (Å²) in [7, 11) is 0. The number of nitrogens with zero attached hydrogens (tertiary/aromatic N) is 1. The van der Waals surface area contributed by atoms with Crippen LogP contribution in [0, 0.1) is 0 Å². The van der Waals surface area contributed by atoms with Crippen molar-refractivity contribution in [1.29, 1.82) is 0 Å². The third-order valence-corrected chi connectivity index (χ3v) is 2.09. The van der Waals surface area contributed by atoms with Gasteiger partial charge in [0.25, 0.3) is 0 Å². The second kappa shape index (κ2) is 5.68. The number of fused-ring (bicyclic) bond motifs is 1. The average Bonchev–Trinajstić information content (AvgIpc) is 2.26. The van der Waals surface area contributed by atoms with E-state index in [1.54, 1.807) is 6.20 Å². The number of halogens is 1. The molecule has 2 N–H and O–H groups in total. The Morgan fingerprint density at radius 3 is 2.94 bits per heavy atom. The van der Waals surface area contributed by atoms with E-state index in [9.17, 15) is 0 Å². The molecule has 16 heavy (non-hydrogen) atoms. The third kappa shape index (κ3) is 3.08. The van der Waals surface area contributed by atoms with E-state index in [4.69, 9.17) is 10.5 Å². The van der Waals surface area contributed by atoms with Crippen LogP contribution in [0.4, 0.5) is 0 Å².